The molecule has 0 bridgehead atoms. The Bertz CT molecular complexity index is 1370. The van der Waals surface area contributed by atoms with Crippen LogP contribution in [-0.4, -0.2) is 45.9 Å². The summed E-state index contributed by atoms with van der Waals surface area (Å²) in [6.45, 7) is 0.820. The van der Waals surface area contributed by atoms with Crippen LogP contribution in [0.5, 0.6) is 5.75 Å². The van der Waals surface area contributed by atoms with Crippen molar-refractivity contribution in [3.05, 3.63) is 48.4 Å². The van der Waals surface area contributed by atoms with Crippen LogP contribution in [0.4, 0.5) is 17.2 Å². The first kappa shape index (κ1) is 24.4. The molecular formula is C28H32N6O4. The van der Waals surface area contributed by atoms with Crippen molar-refractivity contribution in [2.45, 2.75) is 56.6 Å². The first-order chi connectivity index (χ1) is 18.5. The number of primary amides is 1. The Labute approximate surface area is 220 Å². The van der Waals surface area contributed by atoms with Gasteiger partial charge in [-0.3, -0.25) is 14.3 Å². The Morgan fingerprint density at radius 3 is 2.74 bits per heavy atom. The lowest BCUT2D eigenvalue weighted by Crippen LogP contribution is -2.34. The number of benzene rings is 1. The Morgan fingerprint density at radius 2 is 2.00 bits per heavy atom. The second-order valence-electron chi connectivity index (χ2n) is 10.4. The van der Waals surface area contributed by atoms with E-state index in [-0.39, 0.29) is 29.0 Å². The van der Waals surface area contributed by atoms with Crippen molar-refractivity contribution in [3.63, 3.8) is 0 Å². The number of nitrogens with one attached hydrogen (secondary N) is 2. The van der Waals surface area contributed by atoms with Crippen molar-refractivity contribution < 1.29 is 19.1 Å². The lowest BCUT2D eigenvalue weighted by Gasteiger charge is -2.30. The molecule has 1 aliphatic heterocycles. The van der Waals surface area contributed by atoms with Gasteiger partial charge in [-0.1, -0.05) is 12.1 Å². The number of carbonyl (C=O) groups is 2. The molecule has 1 spiro atoms. The van der Waals surface area contributed by atoms with Crippen LogP contribution in [0.2, 0.25) is 0 Å². The molecule has 3 fully saturated rings. The number of anilines is 3. The van der Waals surface area contributed by atoms with E-state index in [2.05, 4.69) is 26.5 Å². The fraction of sp³-hybridized carbons (Fsp3) is 0.429. The fourth-order valence-corrected chi connectivity index (χ4v) is 5.85. The van der Waals surface area contributed by atoms with E-state index in [1.165, 1.54) is 6.20 Å². The number of aromatic nitrogens is 3. The van der Waals surface area contributed by atoms with Crippen molar-refractivity contribution in [1.29, 1.82) is 0 Å². The largest absolute Gasteiger partial charge is 0.494 e. The average molecular weight is 517 g/mol. The molecule has 1 saturated heterocycles. The van der Waals surface area contributed by atoms with E-state index in [1.54, 1.807) is 13.2 Å². The first-order valence-corrected chi connectivity index (χ1v) is 13.2. The molecule has 3 heterocycles. The van der Waals surface area contributed by atoms with E-state index >= 15 is 0 Å². The minimum atomic E-state index is -0.629. The van der Waals surface area contributed by atoms with E-state index in [4.69, 9.17) is 20.3 Å². The number of carbonyl (C=O) groups excluding carboxylic acids is 2. The molecule has 2 aliphatic carbocycles. The third-order valence-electron chi connectivity index (χ3n) is 7.91. The van der Waals surface area contributed by atoms with Gasteiger partial charge < -0.3 is 25.8 Å². The van der Waals surface area contributed by atoms with Crippen molar-refractivity contribution in [2.24, 2.45) is 11.7 Å². The summed E-state index contributed by atoms with van der Waals surface area (Å²) in [7, 11) is 1.61. The van der Waals surface area contributed by atoms with Gasteiger partial charge in [0.05, 0.1) is 41.9 Å². The summed E-state index contributed by atoms with van der Waals surface area (Å²) in [6.07, 6.45) is 12.5. The lowest BCUT2D eigenvalue weighted by atomic mass is 9.94. The summed E-state index contributed by atoms with van der Waals surface area (Å²) in [5, 5.41) is 10.8. The number of para-hydroxylation sites is 1. The minimum absolute atomic E-state index is 0.0288. The van der Waals surface area contributed by atoms with Gasteiger partial charge in [0.2, 0.25) is 5.91 Å². The zero-order chi connectivity index (χ0) is 26.3. The number of rotatable bonds is 8. The van der Waals surface area contributed by atoms with Gasteiger partial charge in [0.1, 0.15) is 11.6 Å². The third kappa shape index (κ3) is 4.49. The van der Waals surface area contributed by atoms with Crippen LogP contribution in [0.15, 0.2) is 42.9 Å². The Balaban J connectivity index is 1.30. The van der Waals surface area contributed by atoms with Gasteiger partial charge in [-0.15, -0.1) is 0 Å². The van der Waals surface area contributed by atoms with Crippen LogP contribution < -0.4 is 21.1 Å². The van der Waals surface area contributed by atoms with Crippen LogP contribution in [0.3, 0.4) is 0 Å². The maximum atomic E-state index is 12.2. The van der Waals surface area contributed by atoms with Crippen LogP contribution in [0.1, 0.15) is 61.3 Å². The second kappa shape index (κ2) is 9.75. The highest BCUT2D eigenvalue weighted by atomic mass is 16.5. The molecule has 38 heavy (non-hydrogen) atoms. The van der Waals surface area contributed by atoms with E-state index in [1.807, 2.05) is 24.4 Å². The van der Waals surface area contributed by atoms with E-state index in [9.17, 15) is 9.59 Å². The molecule has 2 saturated carbocycles. The van der Waals surface area contributed by atoms with Gasteiger partial charge in [0.25, 0.3) is 5.91 Å². The summed E-state index contributed by atoms with van der Waals surface area (Å²) >= 11 is 0. The number of methoxy groups -OCH3 is 1. The molecule has 4 N–H and O–H groups in total. The lowest BCUT2D eigenvalue weighted by molar-refractivity contribution is -0.117. The molecule has 1 aromatic carbocycles. The van der Waals surface area contributed by atoms with Gasteiger partial charge in [0.15, 0.2) is 0 Å². The van der Waals surface area contributed by atoms with E-state index in [0.717, 1.165) is 62.7 Å². The average Bonchev–Trinajstić information content (AvgIpc) is 3.28. The van der Waals surface area contributed by atoms with Crippen LogP contribution in [-0.2, 0) is 9.53 Å². The Kier molecular flexibility index (Phi) is 6.27. The quantitative estimate of drug-likeness (QED) is 0.404. The van der Waals surface area contributed by atoms with Crippen molar-refractivity contribution in [1.82, 2.24) is 14.8 Å². The molecule has 3 aliphatic rings. The second-order valence-corrected chi connectivity index (χ2v) is 10.4. The summed E-state index contributed by atoms with van der Waals surface area (Å²) in [4.78, 5) is 28.6. The number of amides is 2. The summed E-state index contributed by atoms with van der Waals surface area (Å²) in [6, 6.07) is 7.59. The third-order valence-corrected chi connectivity index (χ3v) is 7.91. The van der Waals surface area contributed by atoms with E-state index in [0.29, 0.717) is 22.9 Å². The SMILES string of the molecule is COc1c(Nc2cc(NC(=O)C3CC3)ncc2C(N)=O)cccc1-c1cnn([C@H]2CCC[C@@]23CCCO3)c1. The van der Waals surface area contributed by atoms with Gasteiger partial charge in [-0.05, 0) is 51.0 Å². The standard InChI is InChI=1S/C28H32N6O4/c1-37-25-19(18-14-31-34(16-18)23-7-3-10-28(23)11-4-12-38-28)5-2-6-21(25)32-22-13-24(30-15-20(22)26(29)35)33-27(36)17-8-9-17/h2,5-6,13-17,23H,3-4,7-12H2,1H3,(H2,29,35)(H2,30,32,33,36)/t23-,28+/m0/s1. The predicted molar refractivity (Wildman–Crippen MR) is 142 cm³/mol. The van der Waals surface area contributed by atoms with Crippen LogP contribution in [0.25, 0.3) is 11.1 Å². The molecule has 10 heteroatoms. The number of nitrogens with two attached hydrogens (primary N) is 1. The minimum Gasteiger partial charge on any atom is -0.494 e. The molecule has 0 radical (unpaired) electrons. The van der Waals surface area contributed by atoms with Gasteiger partial charge in [-0.2, -0.15) is 5.10 Å². The molecule has 6 rings (SSSR count). The van der Waals surface area contributed by atoms with Crippen LogP contribution in [0, 0.1) is 5.92 Å². The summed E-state index contributed by atoms with van der Waals surface area (Å²) < 4.78 is 14.1. The van der Waals surface area contributed by atoms with Crippen molar-refractivity contribution >= 4 is 29.0 Å². The zero-order valence-electron chi connectivity index (χ0n) is 21.4. The van der Waals surface area contributed by atoms with Crippen LogP contribution >= 0.6 is 0 Å². The monoisotopic (exact) mass is 516 g/mol. The topological polar surface area (TPSA) is 133 Å². The first-order valence-electron chi connectivity index (χ1n) is 13.2. The number of nitrogens with zero attached hydrogens (tertiary/aromatic N) is 3. The van der Waals surface area contributed by atoms with Gasteiger partial charge >= 0.3 is 0 Å². The number of hydrogen-bond acceptors (Lipinski definition) is 7. The van der Waals surface area contributed by atoms with Crippen molar-refractivity contribution in [3.8, 4) is 16.9 Å². The molecule has 0 unspecified atom stereocenters. The molecule has 2 amide bonds. The molecule has 198 valence electrons. The number of ether oxygens (including phenoxy) is 2. The molecule has 10 nitrogen and oxygen atoms in total. The fourth-order valence-electron chi connectivity index (χ4n) is 5.85. The zero-order valence-corrected chi connectivity index (χ0v) is 21.4. The maximum absolute atomic E-state index is 12.2. The van der Waals surface area contributed by atoms with Crippen molar-refractivity contribution in [2.75, 3.05) is 24.4 Å². The molecule has 2 aromatic heterocycles. The predicted octanol–water partition coefficient (Wildman–Crippen LogP) is 4.42. The smallest absolute Gasteiger partial charge is 0.252 e. The molecular weight excluding hydrogens is 484 g/mol. The molecule has 3 aromatic rings. The maximum Gasteiger partial charge on any atom is 0.252 e. The Morgan fingerprint density at radius 1 is 1.16 bits per heavy atom. The highest BCUT2D eigenvalue weighted by Crippen LogP contribution is 2.48. The van der Waals surface area contributed by atoms with E-state index < -0.39 is 5.91 Å². The van der Waals surface area contributed by atoms with Gasteiger partial charge in [-0.25, -0.2) is 4.98 Å². The number of hydrogen-bond donors (Lipinski definition) is 3. The highest BCUT2D eigenvalue weighted by Gasteiger charge is 2.47. The van der Waals surface area contributed by atoms with Gasteiger partial charge in [0, 0.05) is 42.1 Å². The highest BCUT2D eigenvalue weighted by molar-refractivity contribution is 6.01. The number of pyridine rings is 1. The Hall–Kier alpha value is -3.92. The summed E-state index contributed by atoms with van der Waals surface area (Å²) in [5.41, 5.74) is 8.58. The summed E-state index contributed by atoms with van der Waals surface area (Å²) in [5.74, 6) is 0.280. The molecule has 2 atom stereocenters. The normalized spacial score (nSPS) is 22.5.